The minimum atomic E-state index is -0.648. The van der Waals surface area contributed by atoms with Crippen molar-refractivity contribution in [2.24, 2.45) is 11.7 Å². The summed E-state index contributed by atoms with van der Waals surface area (Å²) in [5.41, 5.74) is 6.38. The number of aromatic nitrogens is 6. The molecule has 2 aromatic rings. The average molecular weight is 696 g/mol. The first-order valence-corrected chi connectivity index (χ1v) is 16.3. The molecule has 18 heteroatoms. The van der Waals surface area contributed by atoms with Crippen LogP contribution in [0.25, 0.3) is 0 Å². The van der Waals surface area contributed by atoms with E-state index in [0.717, 1.165) is 6.42 Å². The first kappa shape index (κ1) is 39.1. The van der Waals surface area contributed by atoms with Crippen LogP contribution in [0.1, 0.15) is 38.0 Å². The normalized spacial score (nSPS) is 16.9. The third kappa shape index (κ3) is 11.4. The van der Waals surface area contributed by atoms with Crippen molar-refractivity contribution in [2.45, 2.75) is 32.4 Å². The Morgan fingerprint density at radius 2 is 1.65 bits per heavy atom. The first-order valence-electron chi connectivity index (χ1n) is 16.3. The second kappa shape index (κ2) is 20.9. The SMILES string of the molecule is C#CCOCCOCCOCCNc1nc(N2CCOCC2)nc(N2CCN(C(=O)[C@H]([C@@H](C)CC)n3cc([C@@H](N)CO)nn3)CC2)n1.Cl. The molecule has 0 saturated carbocycles. The maximum absolute atomic E-state index is 13.8. The number of piperazine rings is 1. The van der Waals surface area contributed by atoms with E-state index in [2.05, 4.69) is 36.3 Å². The van der Waals surface area contributed by atoms with Crippen molar-refractivity contribution >= 4 is 36.2 Å². The second-order valence-electron chi connectivity index (χ2n) is 11.3. The van der Waals surface area contributed by atoms with Gasteiger partial charge in [0.05, 0.1) is 65.1 Å². The molecule has 2 fully saturated rings. The van der Waals surface area contributed by atoms with Crippen molar-refractivity contribution in [1.29, 1.82) is 0 Å². The van der Waals surface area contributed by atoms with Gasteiger partial charge in [-0.15, -0.1) is 23.9 Å². The molecule has 48 heavy (non-hydrogen) atoms. The van der Waals surface area contributed by atoms with Gasteiger partial charge in [0, 0.05) is 45.8 Å². The number of nitrogens with two attached hydrogens (primary N) is 1. The number of nitrogens with zero attached hydrogens (tertiary/aromatic N) is 9. The van der Waals surface area contributed by atoms with Gasteiger partial charge in [-0.25, -0.2) is 4.68 Å². The molecule has 268 valence electrons. The third-order valence-corrected chi connectivity index (χ3v) is 8.06. The molecule has 3 atom stereocenters. The maximum Gasteiger partial charge on any atom is 0.247 e. The molecule has 0 spiro atoms. The van der Waals surface area contributed by atoms with Crippen LogP contribution in [0.2, 0.25) is 0 Å². The van der Waals surface area contributed by atoms with E-state index in [1.165, 1.54) is 0 Å². The van der Waals surface area contributed by atoms with Crippen LogP contribution >= 0.6 is 12.4 Å². The number of amides is 1. The lowest BCUT2D eigenvalue weighted by molar-refractivity contribution is -0.137. The maximum atomic E-state index is 13.8. The monoisotopic (exact) mass is 695 g/mol. The molecular weight excluding hydrogens is 646 g/mol. The van der Waals surface area contributed by atoms with Crippen molar-refractivity contribution in [3.8, 4) is 12.3 Å². The topological polar surface area (TPSA) is 191 Å². The van der Waals surface area contributed by atoms with Crippen molar-refractivity contribution in [2.75, 3.05) is 120 Å². The van der Waals surface area contributed by atoms with Crippen LogP contribution in [-0.4, -0.2) is 151 Å². The van der Waals surface area contributed by atoms with Crippen molar-refractivity contribution in [3.05, 3.63) is 11.9 Å². The zero-order chi connectivity index (χ0) is 33.4. The van der Waals surface area contributed by atoms with Crippen LogP contribution in [0.15, 0.2) is 6.20 Å². The van der Waals surface area contributed by atoms with E-state index in [-0.39, 0.29) is 37.4 Å². The van der Waals surface area contributed by atoms with E-state index in [9.17, 15) is 9.90 Å². The van der Waals surface area contributed by atoms with Gasteiger partial charge in [0.1, 0.15) is 18.3 Å². The number of aliphatic hydroxyl groups is 1. The lowest BCUT2D eigenvalue weighted by Gasteiger charge is -2.37. The molecule has 4 heterocycles. The Bertz CT molecular complexity index is 1270. The molecule has 0 aromatic carbocycles. The third-order valence-electron chi connectivity index (χ3n) is 8.06. The number of aliphatic hydroxyl groups excluding tert-OH is 1. The van der Waals surface area contributed by atoms with Gasteiger partial charge >= 0.3 is 0 Å². The molecule has 4 rings (SSSR count). The van der Waals surface area contributed by atoms with Crippen molar-refractivity contribution in [3.63, 3.8) is 0 Å². The van der Waals surface area contributed by atoms with Crippen LogP contribution in [0.4, 0.5) is 17.8 Å². The summed E-state index contributed by atoms with van der Waals surface area (Å²) in [4.78, 5) is 34.1. The Balaban J connectivity index is 0.00000625. The number of hydrogen-bond acceptors (Lipinski definition) is 15. The predicted octanol–water partition coefficient (Wildman–Crippen LogP) is -0.255. The van der Waals surface area contributed by atoms with Crippen LogP contribution in [0.5, 0.6) is 0 Å². The largest absolute Gasteiger partial charge is 0.394 e. The van der Waals surface area contributed by atoms with E-state index in [1.807, 2.05) is 18.7 Å². The van der Waals surface area contributed by atoms with Gasteiger partial charge in [0.25, 0.3) is 0 Å². The molecule has 0 radical (unpaired) electrons. The summed E-state index contributed by atoms with van der Waals surface area (Å²) >= 11 is 0. The van der Waals surface area contributed by atoms with Gasteiger partial charge < -0.3 is 49.8 Å². The molecule has 0 aliphatic carbocycles. The quantitative estimate of drug-likeness (QED) is 0.129. The highest BCUT2D eigenvalue weighted by Crippen LogP contribution is 2.26. The number of nitrogens with one attached hydrogen (secondary N) is 1. The molecule has 2 saturated heterocycles. The lowest BCUT2D eigenvalue weighted by atomic mass is 9.97. The standard InChI is InChI=1S/C30H49N11O6.ClH/c1-4-13-44-17-19-47-20-18-45-14-6-32-28-33-29(35-30(34-28)40-11-15-46-16-12-40)39-9-7-38(8-10-39)27(43)26(23(3)5-2)41-21-25(36-37-41)24(31)22-42;/h1,21,23-24,26,42H,5-20,22,31H2,2-3H3,(H,32,33,34,35);1H/t23-,24-,26-;/m0./s1. The summed E-state index contributed by atoms with van der Waals surface area (Å²) in [6, 6.07) is -1.17. The number of hydrogen-bond donors (Lipinski definition) is 3. The van der Waals surface area contributed by atoms with E-state index in [1.54, 1.807) is 10.9 Å². The fourth-order valence-electron chi connectivity index (χ4n) is 5.13. The van der Waals surface area contributed by atoms with E-state index >= 15 is 0 Å². The molecule has 4 N–H and O–H groups in total. The second-order valence-corrected chi connectivity index (χ2v) is 11.3. The van der Waals surface area contributed by atoms with E-state index in [0.29, 0.717) is 116 Å². The van der Waals surface area contributed by atoms with Crippen molar-refractivity contribution in [1.82, 2.24) is 34.8 Å². The van der Waals surface area contributed by atoms with Gasteiger partial charge in [-0.2, -0.15) is 15.0 Å². The number of terminal acetylenes is 1. The highest BCUT2D eigenvalue weighted by atomic mass is 35.5. The van der Waals surface area contributed by atoms with Gasteiger partial charge in [-0.1, -0.05) is 31.4 Å². The van der Waals surface area contributed by atoms with E-state index < -0.39 is 12.1 Å². The van der Waals surface area contributed by atoms with Gasteiger partial charge in [-0.3, -0.25) is 4.79 Å². The Kier molecular flexibility index (Phi) is 17.0. The van der Waals surface area contributed by atoms with Gasteiger partial charge in [0.15, 0.2) is 0 Å². The van der Waals surface area contributed by atoms with Crippen LogP contribution in [0.3, 0.4) is 0 Å². The summed E-state index contributed by atoms with van der Waals surface area (Å²) in [7, 11) is 0. The Morgan fingerprint density at radius 3 is 2.27 bits per heavy atom. The molecule has 0 unspecified atom stereocenters. The zero-order valence-corrected chi connectivity index (χ0v) is 28.7. The molecule has 17 nitrogen and oxygen atoms in total. The molecule has 2 aliphatic heterocycles. The van der Waals surface area contributed by atoms with Crippen molar-refractivity contribution < 1.29 is 28.8 Å². The number of rotatable bonds is 19. The summed E-state index contributed by atoms with van der Waals surface area (Å²) in [6.45, 7) is 11.6. The summed E-state index contributed by atoms with van der Waals surface area (Å²) < 4.78 is 23.4. The molecule has 0 bridgehead atoms. The number of anilines is 3. The number of carbonyl (C=O) groups is 1. The Morgan fingerprint density at radius 1 is 1.02 bits per heavy atom. The minimum absolute atomic E-state index is 0. The number of carbonyl (C=O) groups excluding carboxylic acids is 1. The highest BCUT2D eigenvalue weighted by Gasteiger charge is 2.34. The predicted molar refractivity (Wildman–Crippen MR) is 181 cm³/mol. The smallest absolute Gasteiger partial charge is 0.247 e. The number of halogens is 1. The van der Waals surface area contributed by atoms with Gasteiger partial charge in [-0.05, 0) is 5.92 Å². The summed E-state index contributed by atoms with van der Waals surface area (Å²) in [5, 5.41) is 21.0. The molecule has 1 amide bonds. The highest BCUT2D eigenvalue weighted by molar-refractivity contribution is 5.85. The molecule has 2 aliphatic rings. The fraction of sp³-hybridized carbons (Fsp3) is 0.733. The Hall–Kier alpha value is -3.37. The van der Waals surface area contributed by atoms with Gasteiger partial charge in [0.2, 0.25) is 23.8 Å². The Labute approximate surface area is 288 Å². The van der Waals surface area contributed by atoms with Crippen LogP contribution < -0.4 is 20.9 Å². The van der Waals surface area contributed by atoms with E-state index in [4.69, 9.17) is 41.1 Å². The first-order chi connectivity index (χ1) is 22.9. The minimum Gasteiger partial charge on any atom is -0.394 e. The fourth-order valence-corrected chi connectivity index (χ4v) is 5.13. The average Bonchev–Trinajstić information content (AvgIpc) is 3.60. The lowest BCUT2D eigenvalue weighted by Crippen LogP contribution is -2.52. The summed E-state index contributed by atoms with van der Waals surface area (Å²) in [5.74, 6) is 4.00. The van der Waals surface area contributed by atoms with Crippen LogP contribution in [0, 0.1) is 18.3 Å². The number of morpholine rings is 1. The number of ether oxygens (including phenoxy) is 4. The zero-order valence-electron chi connectivity index (χ0n) is 27.9. The molecular formula is C30H50ClN11O6. The van der Waals surface area contributed by atoms with Crippen LogP contribution in [-0.2, 0) is 23.7 Å². The summed E-state index contributed by atoms with van der Waals surface area (Å²) in [6.07, 6.45) is 7.59. The molecule has 2 aromatic heterocycles.